The fraction of sp³-hybridized carbons (Fsp3) is 0.238. The third-order valence-corrected chi connectivity index (χ3v) is 5.75. The number of halogens is 2. The lowest BCUT2D eigenvalue weighted by Gasteiger charge is -2.30. The number of carbonyl (C=O) groups is 2. The molecule has 1 N–H and O–H groups in total. The van der Waals surface area contributed by atoms with Crippen LogP contribution in [-0.2, 0) is 4.74 Å². The molecule has 2 amide bonds. The van der Waals surface area contributed by atoms with E-state index < -0.39 is 12.3 Å². The van der Waals surface area contributed by atoms with Gasteiger partial charge in [0, 0.05) is 42.2 Å². The molecule has 2 aliphatic rings. The molecule has 5 rings (SSSR count). The minimum atomic E-state index is -0.966. The Hall–Kier alpha value is -2.94. The van der Waals surface area contributed by atoms with Crippen LogP contribution in [0.15, 0.2) is 42.5 Å². The largest absolute Gasteiger partial charge is 0.420 e. The summed E-state index contributed by atoms with van der Waals surface area (Å²) in [6, 6.07) is 11.9. The molecule has 0 spiro atoms. The van der Waals surface area contributed by atoms with Gasteiger partial charge in [-0.2, -0.15) is 0 Å². The van der Waals surface area contributed by atoms with Gasteiger partial charge < -0.3 is 15.0 Å². The van der Waals surface area contributed by atoms with Gasteiger partial charge in [-0.3, -0.25) is 9.69 Å². The monoisotopic (exact) mass is 457 g/mol. The Morgan fingerprint density at radius 1 is 1.06 bits per heavy atom. The second-order valence-electron chi connectivity index (χ2n) is 7.23. The molecule has 8 nitrogen and oxygen atoms in total. The first-order chi connectivity index (χ1) is 15.0. The molecule has 2 aliphatic heterocycles. The summed E-state index contributed by atoms with van der Waals surface area (Å²) in [5, 5.41) is 4.68. The summed E-state index contributed by atoms with van der Waals surface area (Å²) >= 11 is 12.1. The van der Waals surface area contributed by atoms with E-state index in [4.69, 9.17) is 27.9 Å². The van der Waals surface area contributed by atoms with Crippen molar-refractivity contribution in [2.75, 3.05) is 31.1 Å². The first kappa shape index (κ1) is 20.0. The van der Waals surface area contributed by atoms with E-state index in [1.54, 1.807) is 47.4 Å². The SMILES string of the molecule is O=C(OC1c2ccc(Cl)cc2C(=O)N1c1ccc2ccc(Cl)nc2n1)N1CCNCC1. The molecule has 158 valence electrons. The maximum Gasteiger partial charge on any atom is 0.412 e. The average Bonchev–Trinajstić information content (AvgIpc) is 3.04. The quantitative estimate of drug-likeness (QED) is 0.591. The van der Waals surface area contributed by atoms with Crippen molar-refractivity contribution in [1.29, 1.82) is 0 Å². The van der Waals surface area contributed by atoms with Crippen molar-refractivity contribution in [1.82, 2.24) is 20.2 Å². The zero-order chi connectivity index (χ0) is 21.5. The van der Waals surface area contributed by atoms with Gasteiger partial charge in [0.05, 0.1) is 5.56 Å². The summed E-state index contributed by atoms with van der Waals surface area (Å²) in [4.78, 5) is 37.8. The highest BCUT2D eigenvalue weighted by atomic mass is 35.5. The van der Waals surface area contributed by atoms with Crippen LogP contribution in [0.1, 0.15) is 22.1 Å². The molecule has 1 atom stereocenters. The third kappa shape index (κ3) is 3.67. The summed E-state index contributed by atoms with van der Waals surface area (Å²) in [5.74, 6) is -0.0535. The van der Waals surface area contributed by atoms with E-state index in [2.05, 4.69) is 15.3 Å². The molecule has 0 bridgehead atoms. The molecule has 3 aromatic rings. The summed E-state index contributed by atoms with van der Waals surface area (Å²) in [5.41, 5.74) is 1.31. The molecule has 1 aromatic carbocycles. The second kappa shape index (κ2) is 7.96. The molecule has 1 saturated heterocycles. The van der Waals surface area contributed by atoms with Gasteiger partial charge >= 0.3 is 6.09 Å². The van der Waals surface area contributed by atoms with E-state index in [1.807, 2.05) is 0 Å². The number of hydrogen-bond acceptors (Lipinski definition) is 6. The highest BCUT2D eigenvalue weighted by molar-refractivity contribution is 6.31. The summed E-state index contributed by atoms with van der Waals surface area (Å²) in [6.45, 7) is 2.44. The minimum absolute atomic E-state index is 0.293. The van der Waals surface area contributed by atoms with Crippen molar-refractivity contribution in [3.63, 3.8) is 0 Å². The average molecular weight is 458 g/mol. The fourth-order valence-electron chi connectivity index (χ4n) is 3.76. The number of piperazine rings is 1. The van der Waals surface area contributed by atoms with Crippen LogP contribution in [0.4, 0.5) is 10.6 Å². The zero-order valence-electron chi connectivity index (χ0n) is 16.2. The van der Waals surface area contributed by atoms with E-state index >= 15 is 0 Å². The van der Waals surface area contributed by atoms with Gasteiger partial charge in [0.2, 0.25) is 6.23 Å². The number of nitrogens with zero attached hydrogens (tertiary/aromatic N) is 4. The molecule has 31 heavy (non-hydrogen) atoms. The standard InChI is InChI=1S/C21H17Cl2N5O3/c22-13-3-4-14-15(11-13)19(29)28(20(14)31-21(30)27-9-7-24-8-10-27)17-6-2-12-1-5-16(23)25-18(12)26-17/h1-6,11,20,24H,7-10H2. The van der Waals surface area contributed by atoms with Gasteiger partial charge in [0.1, 0.15) is 11.0 Å². The Labute approximate surface area is 187 Å². The molecule has 1 fully saturated rings. The number of aromatic nitrogens is 2. The lowest BCUT2D eigenvalue weighted by atomic mass is 10.1. The first-order valence-electron chi connectivity index (χ1n) is 9.74. The van der Waals surface area contributed by atoms with Crippen molar-refractivity contribution >= 4 is 52.1 Å². The Bertz CT molecular complexity index is 1200. The normalized spacial score (nSPS) is 18.4. The number of anilines is 1. The summed E-state index contributed by atoms with van der Waals surface area (Å²) in [7, 11) is 0. The van der Waals surface area contributed by atoms with Crippen molar-refractivity contribution in [2.24, 2.45) is 0 Å². The highest BCUT2D eigenvalue weighted by Gasteiger charge is 2.42. The number of amides is 2. The van der Waals surface area contributed by atoms with Crippen LogP contribution in [0.25, 0.3) is 11.0 Å². The van der Waals surface area contributed by atoms with Gasteiger partial charge in [-0.1, -0.05) is 29.3 Å². The predicted octanol–water partition coefficient (Wildman–Crippen LogP) is 3.64. The number of ether oxygens (including phenoxy) is 1. The van der Waals surface area contributed by atoms with Crippen LogP contribution < -0.4 is 10.2 Å². The number of fused-ring (bicyclic) bond motifs is 2. The van der Waals surface area contributed by atoms with Crippen LogP contribution in [-0.4, -0.2) is 53.0 Å². The Morgan fingerprint density at radius 3 is 2.65 bits per heavy atom. The summed E-state index contributed by atoms with van der Waals surface area (Å²) in [6.07, 6.45) is -1.46. The van der Waals surface area contributed by atoms with E-state index in [0.717, 1.165) is 5.39 Å². The number of rotatable bonds is 2. The molecule has 2 aromatic heterocycles. The highest BCUT2D eigenvalue weighted by Crippen LogP contribution is 2.39. The van der Waals surface area contributed by atoms with Crippen molar-refractivity contribution in [3.05, 3.63) is 63.8 Å². The summed E-state index contributed by atoms with van der Waals surface area (Å²) < 4.78 is 5.83. The van der Waals surface area contributed by atoms with E-state index in [1.165, 1.54) is 4.90 Å². The van der Waals surface area contributed by atoms with Gasteiger partial charge in [-0.15, -0.1) is 0 Å². The minimum Gasteiger partial charge on any atom is -0.420 e. The van der Waals surface area contributed by atoms with Gasteiger partial charge in [0.15, 0.2) is 5.65 Å². The van der Waals surface area contributed by atoms with Crippen LogP contribution in [0.2, 0.25) is 10.2 Å². The fourth-order valence-corrected chi connectivity index (χ4v) is 4.08. The third-order valence-electron chi connectivity index (χ3n) is 5.30. The predicted molar refractivity (Wildman–Crippen MR) is 116 cm³/mol. The Morgan fingerprint density at radius 2 is 1.84 bits per heavy atom. The van der Waals surface area contributed by atoms with Crippen molar-refractivity contribution in [3.8, 4) is 0 Å². The van der Waals surface area contributed by atoms with Crippen LogP contribution >= 0.6 is 23.2 Å². The Balaban J connectivity index is 1.55. The number of pyridine rings is 2. The van der Waals surface area contributed by atoms with E-state index in [-0.39, 0.29) is 5.91 Å². The molecule has 0 radical (unpaired) electrons. The molecular weight excluding hydrogens is 441 g/mol. The molecule has 10 heteroatoms. The lowest BCUT2D eigenvalue weighted by molar-refractivity contribution is 0.0578. The number of hydrogen-bond donors (Lipinski definition) is 1. The van der Waals surface area contributed by atoms with E-state index in [0.29, 0.717) is 58.9 Å². The van der Waals surface area contributed by atoms with Gasteiger partial charge in [-0.25, -0.2) is 14.8 Å². The van der Waals surface area contributed by atoms with E-state index in [9.17, 15) is 9.59 Å². The van der Waals surface area contributed by atoms with Crippen molar-refractivity contribution < 1.29 is 14.3 Å². The smallest absolute Gasteiger partial charge is 0.412 e. The van der Waals surface area contributed by atoms with Gasteiger partial charge in [-0.05, 0) is 36.4 Å². The lowest BCUT2D eigenvalue weighted by Crippen LogP contribution is -2.47. The van der Waals surface area contributed by atoms with Gasteiger partial charge in [0.25, 0.3) is 5.91 Å². The molecule has 0 aliphatic carbocycles. The molecular formula is C21H17Cl2N5O3. The zero-order valence-corrected chi connectivity index (χ0v) is 17.7. The topological polar surface area (TPSA) is 87.7 Å². The number of nitrogens with one attached hydrogen (secondary N) is 1. The second-order valence-corrected chi connectivity index (χ2v) is 8.05. The number of carbonyl (C=O) groups excluding carboxylic acids is 2. The Kier molecular flexibility index (Phi) is 5.13. The van der Waals surface area contributed by atoms with Crippen LogP contribution in [0.3, 0.4) is 0 Å². The number of benzene rings is 1. The maximum absolute atomic E-state index is 13.3. The van der Waals surface area contributed by atoms with Crippen LogP contribution in [0.5, 0.6) is 0 Å². The molecule has 0 saturated carbocycles. The molecule has 4 heterocycles. The first-order valence-corrected chi connectivity index (χ1v) is 10.5. The van der Waals surface area contributed by atoms with Crippen LogP contribution in [0, 0.1) is 0 Å². The maximum atomic E-state index is 13.3. The van der Waals surface area contributed by atoms with Crippen molar-refractivity contribution in [2.45, 2.75) is 6.23 Å². The molecule has 1 unspecified atom stereocenters.